The summed E-state index contributed by atoms with van der Waals surface area (Å²) >= 11 is 0. The third-order valence-corrected chi connectivity index (χ3v) is 3.19. The molecule has 0 aromatic heterocycles. The standard InChI is InChI=1S/C17H18FNO3/c1-21-15-7-6-13(9-16(15)22-2)11-19-17(20)10-12-4-3-5-14(18)8-12/h3-9H,10-11H2,1-2H3,(H,19,20). The van der Waals surface area contributed by atoms with Crippen LogP contribution >= 0.6 is 0 Å². The van der Waals surface area contributed by atoms with Gasteiger partial charge in [0.2, 0.25) is 5.91 Å². The van der Waals surface area contributed by atoms with Crippen molar-refractivity contribution in [2.45, 2.75) is 13.0 Å². The Morgan fingerprint density at radius 3 is 2.50 bits per heavy atom. The normalized spacial score (nSPS) is 10.1. The van der Waals surface area contributed by atoms with E-state index in [1.165, 1.54) is 12.1 Å². The molecule has 0 saturated carbocycles. The zero-order valence-corrected chi connectivity index (χ0v) is 12.6. The van der Waals surface area contributed by atoms with Gasteiger partial charge >= 0.3 is 0 Å². The third kappa shape index (κ3) is 4.22. The van der Waals surface area contributed by atoms with E-state index in [0.29, 0.717) is 23.6 Å². The largest absolute Gasteiger partial charge is 0.493 e. The number of amides is 1. The number of methoxy groups -OCH3 is 2. The molecular weight excluding hydrogens is 285 g/mol. The zero-order chi connectivity index (χ0) is 15.9. The van der Waals surface area contributed by atoms with Gasteiger partial charge in [-0.3, -0.25) is 4.79 Å². The Morgan fingerprint density at radius 2 is 1.82 bits per heavy atom. The zero-order valence-electron chi connectivity index (χ0n) is 12.6. The first kappa shape index (κ1) is 15.8. The van der Waals surface area contributed by atoms with Crippen molar-refractivity contribution in [1.29, 1.82) is 0 Å². The molecule has 116 valence electrons. The Hall–Kier alpha value is -2.56. The molecule has 0 radical (unpaired) electrons. The lowest BCUT2D eigenvalue weighted by molar-refractivity contribution is -0.120. The monoisotopic (exact) mass is 303 g/mol. The molecule has 2 aromatic carbocycles. The lowest BCUT2D eigenvalue weighted by Gasteiger charge is -2.10. The van der Waals surface area contributed by atoms with Crippen LogP contribution in [0.25, 0.3) is 0 Å². The van der Waals surface area contributed by atoms with E-state index in [1.807, 2.05) is 6.07 Å². The van der Waals surface area contributed by atoms with E-state index in [1.54, 1.807) is 38.5 Å². The second kappa shape index (κ2) is 7.45. The summed E-state index contributed by atoms with van der Waals surface area (Å²) in [6.45, 7) is 0.370. The van der Waals surface area contributed by atoms with Crippen molar-refractivity contribution < 1.29 is 18.7 Å². The molecule has 0 aliphatic rings. The molecule has 0 atom stereocenters. The first-order chi connectivity index (χ1) is 10.6. The summed E-state index contributed by atoms with van der Waals surface area (Å²) in [4.78, 5) is 11.9. The summed E-state index contributed by atoms with van der Waals surface area (Å²) in [7, 11) is 3.13. The molecule has 0 saturated heterocycles. The molecule has 1 N–H and O–H groups in total. The number of halogens is 1. The molecule has 0 bridgehead atoms. The Balaban J connectivity index is 1.93. The van der Waals surface area contributed by atoms with Gasteiger partial charge in [-0.15, -0.1) is 0 Å². The van der Waals surface area contributed by atoms with Crippen molar-refractivity contribution in [3.8, 4) is 11.5 Å². The second-order valence-electron chi connectivity index (χ2n) is 4.77. The highest BCUT2D eigenvalue weighted by molar-refractivity contribution is 5.78. The molecule has 0 unspecified atom stereocenters. The summed E-state index contributed by atoms with van der Waals surface area (Å²) in [6, 6.07) is 11.5. The quantitative estimate of drug-likeness (QED) is 0.892. The molecule has 1 amide bonds. The number of carbonyl (C=O) groups excluding carboxylic acids is 1. The summed E-state index contributed by atoms with van der Waals surface area (Å²) < 4.78 is 23.4. The minimum atomic E-state index is -0.342. The maximum absolute atomic E-state index is 13.1. The molecule has 0 heterocycles. The van der Waals surface area contributed by atoms with Crippen LogP contribution in [0.1, 0.15) is 11.1 Å². The fourth-order valence-corrected chi connectivity index (χ4v) is 2.09. The average molecular weight is 303 g/mol. The highest BCUT2D eigenvalue weighted by atomic mass is 19.1. The number of nitrogens with one attached hydrogen (secondary N) is 1. The molecule has 0 aliphatic heterocycles. The van der Waals surface area contributed by atoms with Gasteiger partial charge in [-0.05, 0) is 35.4 Å². The number of ether oxygens (including phenoxy) is 2. The molecule has 22 heavy (non-hydrogen) atoms. The van der Waals surface area contributed by atoms with Gasteiger partial charge in [0.25, 0.3) is 0 Å². The van der Waals surface area contributed by atoms with Crippen LogP contribution < -0.4 is 14.8 Å². The first-order valence-electron chi connectivity index (χ1n) is 6.84. The molecule has 0 aliphatic carbocycles. The number of benzene rings is 2. The minimum Gasteiger partial charge on any atom is -0.493 e. The maximum atomic E-state index is 13.1. The summed E-state index contributed by atoms with van der Waals surface area (Å²) in [5.41, 5.74) is 1.54. The van der Waals surface area contributed by atoms with Gasteiger partial charge < -0.3 is 14.8 Å². The first-order valence-corrected chi connectivity index (χ1v) is 6.84. The van der Waals surface area contributed by atoms with Crippen LogP contribution in [0, 0.1) is 5.82 Å². The van der Waals surface area contributed by atoms with E-state index in [9.17, 15) is 9.18 Å². The van der Waals surface area contributed by atoms with Crippen LogP contribution in [0.15, 0.2) is 42.5 Å². The van der Waals surface area contributed by atoms with Crippen molar-refractivity contribution in [2.75, 3.05) is 14.2 Å². The highest BCUT2D eigenvalue weighted by Gasteiger charge is 2.07. The van der Waals surface area contributed by atoms with Gasteiger partial charge in [0, 0.05) is 6.54 Å². The summed E-state index contributed by atoms with van der Waals surface area (Å²) in [5.74, 6) is 0.738. The Bertz CT molecular complexity index is 658. The van der Waals surface area contributed by atoms with E-state index in [0.717, 1.165) is 5.56 Å². The lowest BCUT2D eigenvalue weighted by atomic mass is 10.1. The molecular formula is C17H18FNO3. The summed E-state index contributed by atoms with van der Waals surface area (Å²) in [6.07, 6.45) is 0.144. The molecule has 0 spiro atoms. The van der Waals surface area contributed by atoms with Gasteiger partial charge in [-0.25, -0.2) is 4.39 Å². The van der Waals surface area contributed by atoms with Crippen molar-refractivity contribution in [3.63, 3.8) is 0 Å². The van der Waals surface area contributed by atoms with Crippen molar-refractivity contribution >= 4 is 5.91 Å². The Morgan fingerprint density at radius 1 is 1.05 bits per heavy atom. The smallest absolute Gasteiger partial charge is 0.224 e. The lowest BCUT2D eigenvalue weighted by Crippen LogP contribution is -2.24. The predicted molar refractivity (Wildman–Crippen MR) is 81.5 cm³/mol. The SMILES string of the molecule is COc1ccc(CNC(=O)Cc2cccc(F)c2)cc1OC. The molecule has 0 fully saturated rings. The van der Waals surface area contributed by atoms with E-state index in [2.05, 4.69) is 5.32 Å². The fraction of sp³-hybridized carbons (Fsp3) is 0.235. The van der Waals surface area contributed by atoms with Gasteiger partial charge in [-0.2, -0.15) is 0 Å². The third-order valence-electron chi connectivity index (χ3n) is 3.19. The molecule has 2 aromatic rings. The van der Waals surface area contributed by atoms with Gasteiger partial charge in [0.1, 0.15) is 5.82 Å². The number of hydrogen-bond acceptors (Lipinski definition) is 3. The Labute approximate surface area is 128 Å². The van der Waals surface area contributed by atoms with E-state index in [4.69, 9.17) is 9.47 Å². The van der Waals surface area contributed by atoms with Crippen molar-refractivity contribution in [1.82, 2.24) is 5.32 Å². The van der Waals surface area contributed by atoms with Gasteiger partial charge in [-0.1, -0.05) is 18.2 Å². The number of carbonyl (C=O) groups is 1. The van der Waals surface area contributed by atoms with E-state index in [-0.39, 0.29) is 18.1 Å². The second-order valence-corrected chi connectivity index (χ2v) is 4.77. The molecule has 4 nitrogen and oxygen atoms in total. The van der Waals surface area contributed by atoms with E-state index < -0.39 is 0 Å². The van der Waals surface area contributed by atoms with E-state index >= 15 is 0 Å². The fourth-order valence-electron chi connectivity index (χ4n) is 2.09. The van der Waals surface area contributed by atoms with Crippen LogP contribution in [0.2, 0.25) is 0 Å². The maximum Gasteiger partial charge on any atom is 0.224 e. The van der Waals surface area contributed by atoms with Gasteiger partial charge in [0.15, 0.2) is 11.5 Å². The number of rotatable bonds is 6. The van der Waals surface area contributed by atoms with Crippen LogP contribution in [0.3, 0.4) is 0 Å². The van der Waals surface area contributed by atoms with Crippen molar-refractivity contribution in [2.24, 2.45) is 0 Å². The minimum absolute atomic E-state index is 0.144. The topological polar surface area (TPSA) is 47.6 Å². The predicted octanol–water partition coefficient (Wildman–Crippen LogP) is 2.70. The van der Waals surface area contributed by atoms with Crippen molar-refractivity contribution in [3.05, 3.63) is 59.4 Å². The molecule has 5 heteroatoms. The van der Waals surface area contributed by atoms with Crippen LogP contribution in [0.5, 0.6) is 11.5 Å². The average Bonchev–Trinajstić information content (AvgIpc) is 2.52. The van der Waals surface area contributed by atoms with Gasteiger partial charge in [0.05, 0.1) is 20.6 Å². The highest BCUT2D eigenvalue weighted by Crippen LogP contribution is 2.27. The van der Waals surface area contributed by atoms with Crippen LogP contribution in [0.4, 0.5) is 4.39 Å². The number of hydrogen-bond donors (Lipinski definition) is 1. The van der Waals surface area contributed by atoms with Crippen LogP contribution in [-0.2, 0) is 17.8 Å². The summed E-state index contributed by atoms with van der Waals surface area (Å²) in [5, 5.41) is 2.80. The van der Waals surface area contributed by atoms with Crippen LogP contribution in [-0.4, -0.2) is 20.1 Å². The molecule has 2 rings (SSSR count). The Kier molecular flexibility index (Phi) is 5.36.